The summed E-state index contributed by atoms with van der Waals surface area (Å²) in [7, 11) is 0. The van der Waals surface area contributed by atoms with Gasteiger partial charge in [0.25, 0.3) is 0 Å². The number of fused-ring (bicyclic) bond motifs is 6. The number of furan rings is 1. The average Bonchev–Trinajstić information content (AvgIpc) is 3.69. The smallest absolute Gasteiger partial charge is 0.160 e. The molecule has 0 spiro atoms. The molecule has 0 N–H and O–H groups in total. The fourth-order valence-electron chi connectivity index (χ4n) is 7.96. The van der Waals surface area contributed by atoms with Gasteiger partial charge in [0, 0.05) is 33.0 Å². The lowest BCUT2D eigenvalue weighted by molar-refractivity contribution is 0.672. The molecule has 11 aromatic rings. The minimum Gasteiger partial charge on any atom is -0.455 e. The molecule has 8 aromatic carbocycles. The zero-order chi connectivity index (χ0) is 37.7. The molecule has 0 fully saturated rings. The Kier molecular flexibility index (Phi) is 7.78. The van der Waals surface area contributed by atoms with Gasteiger partial charge in [-0.05, 0) is 63.4 Å². The summed E-state index contributed by atoms with van der Waals surface area (Å²) in [6, 6.07) is 69.7. The predicted octanol–water partition coefficient (Wildman–Crippen LogP) is 14.1. The Labute approximate surface area is 329 Å². The highest BCUT2D eigenvalue weighted by molar-refractivity contribution is 6.20. The SMILES string of the molecule is c1ccc(-c2cccc(-c3cc(-c4ccc(-c5ccc(-c6nc7cc8ccccc8cc7c7oc8ccccc8c67)cc5)cc4)nc(-c4ccccc4)n3)c2)cc1. The van der Waals surface area contributed by atoms with Gasteiger partial charge in [0.05, 0.1) is 28.0 Å². The Hall–Kier alpha value is -7.69. The number of para-hydroxylation sites is 1. The van der Waals surface area contributed by atoms with Crippen LogP contribution in [0.1, 0.15) is 0 Å². The molecule has 0 aliphatic carbocycles. The van der Waals surface area contributed by atoms with Gasteiger partial charge in [-0.25, -0.2) is 15.0 Å². The van der Waals surface area contributed by atoms with Gasteiger partial charge in [-0.1, -0.05) is 170 Å². The summed E-state index contributed by atoms with van der Waals surface area (Å²) >= 11 is 0. The number of hydrogen-bond donors (Lipinski definition) is 0. The van der Waals surface area contributed by atoms with E-state index in [1.54, 1.807) is 0 Å². The number of hydrogen-bond acceptors (Lipinski definition) is 4. The summed E-state index contributed by atoms with van der Waals surface area (Å²) in [4.78, 5) is 15.5. The van der Waals surface area contributed by atoms with Crippen LogP contribution in [0.4, 0.5) is 0 Å². The molecule has 3 heterocycles. The summed E-state index contributed by atoms with van der Waals surface area (Å²) in [6.45, 7) is 0. The standard InChI is InChI=1S/C53H33N3O/c1-3-12-34(13-4-1)40-18-11-19-43(30-40)47-33-46(55-53(56-47)39-14-5-2-6-15-39)37-26-22-35(23-27-37)36-24-28-38(29-25-36)51-50-44-20-9-10-21-49(44)57-52(50)45-31-41-16-7-8-17-42(41)32-48(45)54-51/h1-33H. The second-order valence-electron chi connectivity index (χ2n) is 14.4. The van der Waals surface area contributed by atoms with Crippen LogP contribution in [0.3, 0.4) is 0 Å². The molecule has 0 atom stereocenters. The van der Waals surface area contributed by atoms with Crippen molar-refractivity contribution in [2.45, 2.75) is 0 Å². The average molecular weight is 728 g/mol. The van der Waals surface area contributed by atoms with E-state index in [-0.39, 0.29) is 0 Å². The van der Waals surface area contributed by atoms with E-state index in [2.05, 4.69) is 164 Å². The highest BCUT2D eigenvalue weighted by Crippen LogP contribution is 2.41. The highest BCUT2D eigenvalue weighted by Gasteiger charge is 2.19. The van der Waals surface area contributed by atoms with E-state index in [9.17, 15) is 0 Å². The monoisotopic (exact) mass is 727 g/mol. The Morgan fingerprint density at radius 3 is 1.61 bits per heavy atom. The first-order chi connectivity index (χ1) is 28.2. The Balaban J connectivity index is 0.961. The Morgan fingerprint density at radius 1 is 0.333 bits per heavy atom. The maximum absolute atomic E-state index is 6.56. The van der Waals surface area contributed by atoms with Crippen LogP contribution >= 0.6 is 0 Å². The van der Waals surface area contributed by atoms with Crippen LogP contribution in [0.5, 0.6) is 0 Å². The van der Waals surface area contributed by atoms with Gasteiger partial charge in [0.1, 0.15) is 11.2 Å². The lowest BCUT2D eigenvalue weighted by Gasteiger charge is -2.11. The summed E-state index contributed by atoms with van der Waals surface area (Å²) in [6.07, 6.45) is 0. The van der Waals surface area contributed by atoms with E-state index < -0.39 is 0 Å². The first-order valence-electron chi connectivity index (χ1n) is 19.2. The van der Waals surface area contributed by atoms with Gasteiger partial charge in [-0.2, -0.15) is 0 Å². The maximum Gasteiger partial charge on any atom is 0.160 e. The van der Waals surface area contributed by atoms with Crippen LogP contribution in [0.2, 0.25) is 0 Å². The second-order valence-corrected chi connectivity index (χ2v) is 14.4. The maximum atomic E-state index is 6.56. The van der Waals surface area contributed by atoms with Crippen molar-refractivity contribution in [3.63, 3.8) is 0 Å². The largest absolute Gasteiger partial charge is 0.455 e. The molecular formula is C53H33N3O. The van der Waals surface area contributed by atoms with Crippen molar-refractivity contribution in [3.05, 3.63) is 200 Å². The summed E-state index contributed by atoms with van der Waals surface area (Å²) in [5.41, 5.74) is 14.0. The lowest BCUT2D eigenvalue weighted by Crippen LogP contribution is -1.96. The van der Waals surface area contributed by atoms with Crippen molar-refractivity contribution < 1.29 is 4.42 Å². The highest BCUT2D eigenvalue weighted by atomic mass is 16.3. The van der Waals surface area contributed by atoms with Gasteiger partial charge in [0.15, 0.2) is 5.82 Å². The third kappa shape index (κ3) is 5.92. The van der Waals surface area contributed by atoms with Crippen LogP contribution < -0.4 is 0 Å². The van der Waals surface area contributed by atoms with Crippen LogP contribution in [-0.4, -0.2) is 15.0 Å². The number of pyridine rings is 1. The minimum atomic E-state index is 0.697. The number of aromatic nitrogens is 3. The second kappa shape index (κ2) is 13.6. The van der Waals surface area contributed by atoms with Gasteiger partial charge >= 0.3 is 0 Å². The van der Waals surface area contributed by atoms with E-state index in [0.29, 0.717) is 5.82 Å². The molecule has 0 saturated heterocycles. The number of nitrogens with zero attached hydrogens (tertiary/aromatic N) is 3. The lowest BCUT2D eigenvalue weighted by atomic mass is 9.97. The minimum absolute atomic E-state index is 0.697. The number of benzene rings is 8. The first kappa shape index (κ1) is 32.7. The molecule has 0 aliphatic heterocycles. The van der Waals surface area contributed by atoms with Crippen molar-refractivity contribution in [3.8, 4) is 67.4 Å². The summed E-state index contributed by atoms with van der Waals surface area (Å²) < 4.78 is 6.56. The Bertz CT molecular complexity index is 3260. The quantitative estimate of drug-likeness (QED) is 0.160. The van der Waals surface area contributed by atoms with Gasteiger partial charge in [0.2, 0.25) is 0 Å². The van der Waals surface area contributed by atoms with Crippen molar-refractivity contribution in [2.75, 3.05) is 0 Å². The van der Waals surface area contributed by atoms with Crippen LogP contribution in [0.25, 0.3) is 111 Å². The molecule has 57 heavy (non-hydrogen) atoms. The van der Waals surface area contributed by atoms with E-state index in [1.807, 2.05) is 36.4 Å². The zero-order valence-electron chi connectivity index (χ0n) is 30.8. The van der Waals surface area contributed by atoms with Crippen molar-refractivity contribution in [1.82, 2.24) is 15.0 Å². The number of rotatable bonds is 6. The van der Waals surface area contributed by atoms with Crippen molar-refractivity contribution in [2.24, 2.45) is 0 Å². The topological polar surface area (TPSA) is 51.8 Å². The third-order valence-electron chi connectivity index (χ3n) is 10.9. The molecule has 0 unspecified atom stereocenters. The molecule has 4 heteroatoms. The normalized spacial score (nSPS) is 11.5. The van der Waals surface area contributed by atoms with Crippen LogP contribution in [0.15, 0.2) is 205 Å². The molecular weight excluding hydrogens is 695 g/mol. The summed E-state index contributed by atoms with van der Waals surface area (Å²) in [5, 5.41) is 5.45. The van der Waals surface area contributed by atoms with E-state index in [1.165, 1.54) is 10.9 Å². The molecule has 0 radical (unpaired) electrons. The Morgan fingerprint density at radius 2 is 0.877 bits per heavy atom. The van der Waals surface area contributed by atoms with Crippen LogP contribution in [0, 0.1) is 0 Å². The van der Waals surface area contributed by atoms with Gasteiger partial charge < -0.3 is 4.42 Å². The van der Waals surface area contributed by atoms with Gasteiger partial charge in [-0.3, -0.25) is 0 Å². The van der Waals surface area contributed by atoms with Crippen LogP contribution in [-0.2, 0) is 0 Å². The molecule has 0 saturated carbocycles. The molecule has 4 nitrogen and oxygen atoms in total. The first-order valence-corrected chi connectivity index (χ1v) is 19.2. The predicted molar refractivity (Wildman–Crippen MR) is 235 cm³/mol. The molecule has 266 valence electrons. The molecule has 0 aliphatic rings. The van der Waals surface area contributed by atoms with Crippen molar-refractivity contribution >= 4 is 43.6 Å². The molecule has 0 bridgehead atoms. The zero-order valence-corrected chi connectivity index (χ0v) is 30.8. The molecule has 0 amide bonds. The fourth-order valence-corrected chi connectivity index (χ4v) is 7.96. The van der Waals surface area contributed by atoms with E-state index >= 15 is 0 Å². The molecule has 11 rings (SSSR count). The molecule has 3 aromatic heterocycles. The van der Waals surface area contributed by atoms with E-state index in [0.717, 1.165) is 94.3 Å². The van der Waals surface area contributed by atoms with E-state index in [4.69, 9.17) is 19.4 Å². The van der Waals surface area contributed by atoms with Crippen molar-refractivity contribution in [1.29, 1.82) is 0 Å². The third-order valence-corrected chi connectivity index (χ3v) is 10.9. The van der Waals surface area contributed by atoms with Gasteiger partial charge in [-0.15, -0.1) is 0 Å². The fraction of sp³-hybridized carbons (Fsp3) is 0. The summed E-state index contributed by atoms with van der Waals surface area (Å²) in [5.74, 6) is 0.697.